The first-order valence-electron chi connectivity index (χ1n) is 5.98. The first kappa shape index (κ1) is 14.5. The van der Waals surface area contributed by atoms with Gasteiger partial charge in [0.1, 0.15) is 5.82 Å². The normalized spacial score (nSPS) is 15.0. The Bertz CT molecular complexity index is 378. The van der Waals surface area contributed by atoms with Gasteiger partial charge in [0, 0.05) is 6.54 Å². The molecular formula is C14H21ClFN. The lowest BCUT2D eigenvalue weighted by atomic mass is 9.74. The third kappa shape index (κ3) is 3.43. The Morgan fingerprint density at radius 1 is 1.41 bits per heavy atom. The van der Waals surface area contributed by atoms with E-state index in [4.69, 9.17) is 11.6 Å². The Morgan fingerprint density at radius 3 is 2.59 bits per heavy atom. The standard InChI is InChI=1S/C14H21ClFN/c1-10(2)14(3,9-17-4)8-11-6-5-7-12(16)13(11)15/h5-7,10,17H,8-9H2,1-4H3. The fraction of sp³-hybridized carbons (Fsp3) is 0.571. The van der Waals surface area contributed by atoms with Crippen molar-refractivity contribution in [3.05, 3.63) is 34.6 Å². The highest BCUT2D eigenvalue weighted by atomic mass is 35.5. The number of hydrogen-bond donors (Lipinski definition) is 1. The van der Waals surface area contributed by atoms with Gasteiger partial charge < -0.3 is 5.32 Å². The van der Waals surface area contributed by atoms with E-state index in [2.05, 4.69) is 26.1 Å². The van der Waals surface area contributed by atoms with Gasteiger partial charge in [0.15, 0.2) is 0 Å². The maximum atomic E-state index is 13.4. The van der Waals surface area contributed by atoms with Crippen molar-refractivity contribution in [2.24, 2.45) is 11.3 Å². The van der Waals surface area contributed by atoms with E-state index < -0.39 is 0 Å². The van der Waals surface area contributed by atoms with E-state index in [9.17, 15) is 4.39 Å². The summed E-state index contributed by atoms with van der Waals surface area (Å²) in [6.07, 6.45) is 0.780. The van der Waals surface area contributed by atoms with Crippen LogP contribution >= 0.6 is 11.6 Å². The molecule has 0 spiro atoms. The zero-order valence-electron chi connectivity index (χ0n) is 11.0. The summed E-state index contributed by atoms with van der Waals surface area (Å²) in [5, 5.41) is 3.47. The molecule has 1 aromatic carbocycles. The van der Waals surface area contributed by atoms with E-state index in [1.807, 2.05) is 13.1 Å². The zero-order chi connectivity index (χ0) is 13.1. The molecule has 0 aliphatic carbocycles. The van der Waals surface area contributed by atoms with Crippen molar-refractivity contribution in [1.29, 1.82) is 0 Å². The fourth-order valence-electron chi connectivity index (χ4n) is 1.99. The van der Waals surface area contributed by atoms with Gasteiger partial charge >= 0.3 is 0 Å². The number of nitrogens with one attached hydrogen (secondary N) is 1. The van der Waals surface area contributed by atoms with Gasteiger partial charge in [-0.2, -0.15) is 0 Å². The molecule has 0 fully saturated rings. The molecule has 1 aromatic rings. The van der Waals surface area contributed by atoms with Crippen LogP contribution in [-0.2, 0) is 6.42 Å². The van der Waals surface area contributed by atoms with Crippen LogP contribution in [0.3, 0.4) is 0 Å². The molecule has 1 unspecified atom stereocenters. The van der Waals surface area contributed by atoms with Crippen LogP contribution in [0.25, 0.3) is 0 Å². The number of rotatable bonds is 5. The van der Waals surface area contributed by atoms with Gasteiger partial charge in [-0.25, -0.2) is 4.39 Å². The highest BCUT2D eigenvalue weighted by Gasteiger charge is 2.29. The molecule has 17 heavy (non-hydrogen) atoms. The summed E-state index contributed by atoms with van der Waals surface area (Å²) in [7, 11) is 1.94. The third-order valence-corrected chi connectivity index (χ3v) is 4.02. The molecule has 0 aliphatic rings. The predicted octanol–water partition coefficient (Wildman–Crippen LogP) is 3.90. The van der Waals surface area contributed by atoms with Gasteiger partial charge in [-0.1, -0.05) is 44.5 Å². The lowest BCUT2D eigenvalue weighted by molar-refractivity contribution is 0.212. The molecule has 3 heteroatoms. The fourth-order valence-corrected chi connectivity index (χ4v) is 2.19. The first-order valence-corrected chi connectivity index (χ1v) is 6.36. The molecule has 0 amide bonds. The van der Waals surface area contributed by atoms with Crippen LogP contribution in [0.5, 0.6) is 0 Å². The predicted molar refractivity (Wildman–Crippen MR) is 72.0 cm³/mol. The molecule has 0 saturated carbocycles. The summed E-state index contributed by atoms with van der Waals surface area (Å²) in [4.78, 5) is 0. The molecule has 1 N–H and O–H groups in total. The van der Waals surface area contributed by atoms with E-state index in [0.717, 1.165) is 18.5 Å². The summed E-state index contributed by atoms with van der Waals surface area (Å²) < 4.78 is 13.4. The maximum Gasteiger partial charge on any atom is 0.142 e. The van der Waals surface area contributed by atoms with Gasteiger partial charge in [0.2, 0.25) is 0 Å². The highest BCUT2D eigenvalue weighted by molar-refractivity contribution is 6.31. The van der Waals surface area contributed by atoms with Gasteiger partial charge in [0.25, 0.3) is 0 Å². The smallest absolute Gasteiger partial charge is 0.142 e. The topological polar surface area (TPSA) is 12.0 Å². The summed E-state index contributed by atoms with van der Waals surface area (Å²) in [5.74, 6) is 0.161. The molecule has 0 saturated heterocycles. The van der Waals surface area contributed by atoms with E-state index in [1.54, 1.807) is 6.07 Å². The van der Waals surface area contributed by atoms with Crippen LogP contribution in [-0.4, -0.2) is 13.6 Å². The molecular weight excluding hydrogens is 237 g/mol. The summed E-state index contributed by atoms with van der Waals surface area (Å²) in [6, 6.07) is 5.02. The van der Waals surface area contributed by atoms with E-state index in [-0.39, 0.29) is 16.3 Å². The second-order valence-electron chi connectivity index (χ2n) is 5.23. The average Bonchev–Trinajstić information content (AvgIpc) is 2.25. The molecule has 1 rings (SSSR count). The van der Waals surface area contributed by atoms with Gasteiger partial charge in [-0.05, 0) is 36.4 Å². The monoisotopic (exact) mass is 257 g/mol. The minimum atomic E-state index is -0.334. The van der Waals surface area contributed by atoms with Crippen LogP contribution < -0.4 is 5.32 Å². The van der Waals surface area contributed by atoms with Gasteiger partial charge in [0.05, 0.1) is 5.02 Å². The number of benzene rings is 1. The van der Waals surface area contributed by atoms with Crippen LogP contribution in [0.1, 0.15) is 26.3 Å². The Hall–Kier alpha value is -0.600. The molecule has 0 aromatic heterocycles. The molecule has 0 bridgehead atoms. The molecule has 96 valence electrons. The van der Waals surface area contributed by atoms with Crippen LogP contribution in [0.4, 0.5) is 4.39 Å². The van der Waals surface area contributed by atoms with E-state index >= 15 is 0 Å². The molecule has 0 aliphatic heterocycles. The minimum absolute atomic E-state index is 0.0756. The van der Waals surface area contributed by atoms with Crippen molar-refractivity contribution in [3.8, 4) is 0 Å². The minimum Gasteiger partial charge on any atom is -0.319 e. The van der Waals surface area contributed by atoms with Crippen molar-refractivity contribution >= 4 is 11.6 Å². The quantitative estimate of drug-likeness (QED) is 0.844. The number of halogens is 2. The highest BCUT2D eigenvalue weighted by Crippen LogP contribution is 2.33. The van der Waals surface area contributed by atoms with Crippen LogP contribution in [0.2, 0.25) is 5.02 Å². The van der Waals surface area contributed by atoms with Crippen molar-refractivity contribution in [1.82, 2.24) is 5.32 Å². The summed E-state index contributed by atoms with van der Waals surface area (Å²) in [5.41, 5.74) is 0.963. The van der Waals surface area contributed by atoms with Crippen LogP contribution in [0, 0.1) is 17.2 Å². The Balaban J connectivity index is 2.98. The summed E-state index contributed by atoms with van der Waals surface area (Å²) in [6.45, 7) is 7.46. The van der Waals surface area contributed by atoms with Crippen molar-refractivity contribution in [2.75, 3.05) is 13.6 Å². The molecule has 0 heterocycles. The zero-order valence-corrected chi connectivity index (χ0v) is 11.7. The second kappa shape index (κ2) is 5.83. The first-order chi connectivity index (χ1) is 7.90. The van der Waals surface area contributed by atoms with Crippen LogP contribution in [0.15, 0.2) is 18.2 Å². The van der Waals surface area contributed by atoms with Crippen molar-refractivity contribution < 1.29 is 4.39 Å². The largest absolute Gasteiger partial charge is 0.319 e. The lowest BCUT2D eigenvalue weighted by Gasteiger charge is -2.34. The van der Waals surface area contributed by atoms with Gasteiger partial charge in [-0.15, -0.1) is 0 Å². The average molecular weight is 258 g/mol. The maximum absolute atomic E-state index is 13.4. The van der Waals surface area contributed by atoms with E-state index in [1.165, 1.54) is 6.07 Å². The molecule has 1 atom stereocenters. The van der Waals surface area contributed by atoms with Gasteiger partial charge in [-0.3, -0.25) is 0 Å². The number of hydrogen-bond acceptors (Lipinski definition) is 1. The second-order valence-corrected chi connectivity index (χ2v) is 5.61. The van der Waals surface area contributed by atoms with Crippen molar-refractivity contribution in [2.45, 2.75) is 27.2 Å². The molecule has 0 radical (unpaired) electrons. The Kier molecular flexibility index (Phi) is 4.96. The van der Waals surface area contributed by atoms with Crippen molar-refractivity contribution in [3.63, 3.8) is 0 Å². The third-order valence-electron chi connectivity index (χ3n) is 3.60. The van der Waals surface area contributed by atoms with E-state index in [0.29, 0.717) is 5.92 Å². The summed E-state index contributed by atoms with van der Waals surface area (Å²) >= 11 is 6.01. The lowest BCUT2D eigenvalue weighted by Crippen LogP contribution is -2.36. The Morgan fingerprint density at radius 2 is 2.06 bits per heavy atom. The molecule has 1 nitrogen and oxygen atoms in total. The Labute approximate surface area is 108 Å². The SMILES string of the molecule is CNCC(C)(Cc1cccc(F)c1Cl)C(C)C.